The van der Waals surface area contributed by atoms with Crippen LogP contribution in [-0.2, 0) is 4.79 Å². The number of nitrogens with one attached hydrogen (secondary N) is 1. The largest absolute Gasteiger partial charge is 0.357 e. The molecule has 0 unspecified atom stereocenters. The number of ketones is 1. The molecule has 0 amide bonds. The molecule has 0 aliphatic heterocycles. The van der Waals surface area contributed by atoms with Crippen LogP contribution in [0.1, 0.15) is 16.2 Å². The number of aryl methyl sites for hydroxylation is 1. The Bertz CT molecular complexity index is 836. The van der Waals surface area contributed by atoms with Gasteiger partial charge in [0, 0.05) is 6.20 Å². The van der Waals surface area contributed by atoms with Gasteiger partial charge in [0.15, 0.2) is 17.9 Å². The second-order valence-electron chi connectivity index (χ2n) is 4.08. The van der Waals surface area contributed by atoms with Crippen molar-refractivity contribution in [1.82, 2.24) is 24.7 Å². The van der Waals surface area contributed by atoms with Crippen LogP contribution in [0, 0.1) is 12.7 Å². The Morgan fingerprint density at radius 3 is 2.90 bits per heavy atom. The molecule has 0 aliphatic carbocycles. The summed E-state index contributed by atoms with van der Waals surface area (Å²) in [5.41, 5.74) is 0.248. The van der Waals surface area contributed by atoms with Crippen LogP contribution >= 0.6 is 0 Å². The van der Waals surface area contributed by atoms with E-state index in [4.69, 9.17) is 0 Å². The number of hydrogen-bond donors (Lipinski definition) is 1. The number of halogens is 1. The molecule has 0 aromatic carbocycles. The fourth-order valence-electron chi connectivity index (χ4n) is 2.02. The van der Waals surface area contributed by atoms with Crippen LogP contribution < -0.4 is 0 Å². The fraction of sp³-hybridized carbons (Fsp3) is 0.0833. The second-order valence-corrected chi connectivity index (χ2v) is 4.08. The highest BCUT2D eigenvalue weighted by molar-refractivity contribution is 6.36. The quantitative estimate of drug-likeness (QED) is 0.436. The zero-order valence-electron chi connectivity index (χ0n) is 10.3. The fourth-order valence-corrected chi connectivity index (χ4v) is 2.02. The van der Waals surface area contributed by atoms with Crippen molar-refractivity contribution < 1.29 is 14.0 Å². The van der Waals surface area contributed by atoms with Gasteiger partial charge in [-0.15, -0.1) is 0 Å². The lowest BCUT2D eigenvalue weighted by molar-refractivity contribution is -0.104. The first-order valence-corrected chi connectivity index (χ1v) is 5.65. The molecule has 3 heterocycles. The van der Waals surface area contributed by atoms with Crippen LogP contribution in [0.25, 0.3) is 16.7 Å². The number of nitrogens with zero attached hydrogens (tertiary/aromatic N) is 4. The Morgan fingerprint density at radius 1 is 1.45 bits per heavy atom. The minimum Gasteiger partial charge on any atom is -0.357 e. The molecular weight excluding hydrogens is 265 g/mol. The molecule has 0 aliphatic rings. The summed E-state index contributed by atoms with van der Waals surface area (Å²) in [6.07, 6.45) is 3.74. The Labute approximate surface area is 111 Å². The summed E-state index contributed by atoms with van der Waals surface area (Å²) >= 11 is 0. The number of Topliss-reactive ketones (excluding diaryl/α,β-unsaturated/α-hetero) is 1. The number of aromatic amines is 1. The number of aldehydes is 1. The molecule has 0 bridgehead atoms. The maximum Gasteiger partial charge on any atom is 0.227 e. The predicted octanol–water partition coefficient (Wildman–Crippen LogP) is 0.973. The van der Waals surface area contributed by atoms with E-state index in [1.54, 1.807) is 6.92 Å². The molecule has 0 atom stereocenters. The SMILES string of the molecule is Cc1ncnn1-c1ncc(F)c2c(C(=O)C=O)c[nH]c12. The van der Waals surface area contributed by atoms with Crippen molar-refractivity contribution in [1.29, 1.82) is 0 Å². The first kappa shape index (κ1) is 12.2. The van der Waals surface area contributed by atoms with E-state index < -0.39 is 11.6 Å². The highest BCUT2D eigenvalue weighted by Gasteiger charge is 2.19. The molecule has 8 heteroatoms. The van der Waals surface area contributed by atoms with E-state index in [2.05, 4.69) is 20.1 Å². The van der Waals surface area contributed by atoms with Gasteiger partial charge in [-0.1, -0.05) is 0 Å². The van der Waals surface area contributed by atoms with Crippen LogP contribution in [-0.4, -0.2) is 36.8 Å². The molecule has 0 spiro atoms. The number of pyridine rings is 1. The van der Waals surface area contributed by atoms with E-state index in [-0.39, 0.29) is 22.8 Å². The second kappa shape index (κ2) is 4.34. The molecule has 0 fully saturated rings. The molecule has 1 N–H and O–H groups in total. The molecule has 3 aromatic rings. The summed E-state index contributed by atoms with van der Waals surface area (Å²) in [7, 11) is 0. The molecule has 0 radical (unpaired) electrons. The first-order valence-electron chi connectivity index (χ1n) is 5.65. The van der Waals surface area contributed by atoms with Crippen molar-refractivity contribution in [2.45, 2.75) is 6.92 Å². The van der Waals surface area contributed by atoms with Gasteiger partial charge >= 0.3 is 0 Å². The van der Waals surface area contributed by atoms with Gasteiger partial charge in [-0.2, -0.15) is 9.78 Å². The normalized spacial score (nSPS) is 10.9. The summed E-state index contributed by atoms with van der Waals surface area (Å²) in [4.78, 5) is 32.8. The molecular formula is C12H8FN5O2. The van der Waals surface area contributed by atoms with Gasteiger partial charge in [0.1, 0.15) is 12.2 Å². The average molecular weight is 273 g/mol. The zero-order chi connectivity index (χ0) is 14.3. The third-order valence-corrected chi connectivity index (χ3v) is 2.93. The topological polar surface area (TPSA) is 93.5 Å². The minimum atomic E-state index is -0.803. The highest BCUT2D eigenvalue weighted by Crippen LogP contribution is 2.25. The maximum absolute atomic E-state index is 13.9. The van der Waals surface area contributed by atoms with Crippen molar-refractivity contribution in [3.05, 3.63) is 35.9 Å². The summed E-state index contributed by atoms with van der Waals surface area (Å²) in [5, 5.41) is 4.00. The third-order valence-electron chi connectivity index (χ3n) is 2.93. The smallest absolute Gasteiger partial charge is 0.227 e. The van der Waals surface area contributed by atoms with Gasteiger partial charge in [0.2, 0.25) is 5.78 Å². The van der Waals surface area contributed by atoms with Crippen molar-refractivity contribution in [2.75, 3.05) is 0 Å². The van der Waals surface area contributed by atoms with Crippen LogP contribution in [0.15, 0.2) is 18.7 Å². The molecule has 0 saturated heterocycles. The van der Waals surface area contributed by atoms with E-state index in [1.165, 1.54) is 17.2 Å². The van der Waals surface area contributed by atoms with E-state index in [0.717, 1.165) is 6.20 Å². The van der Waals surface area contributed by atoms with Gasteiger partial charge in [-0.3, -0.25) is 9.59 Å². The van der Waals surface area contributed by atoms with Gasteiger partial charge in [0.05, 0.1) is 22.7 Å². The number of carbonyl (C=O) groups is 2. The Hall–Kier alpha value is -2.90. The van der Waals surface area contributed by atoms with Crippen molar-refractivity contribution in [3.63, 3.8) is 0 Å². The number of fused-ring (bicyclic) bond motifs is 1. The predicted molar refractivity (Wildman–Crippen MR) is 66.1 cm³/mol. The summed E-state index contributed by atoms with van der Waals surface area (Å²) in [6.45, 7) is 1.71. The Morgan fingerprint density at radius 2 is 2.25 bits per heavy atom. The lowest BCUT2D eigenvalue weighted by Gasteiger charge is -2.04. The number of H-pyrrole nitrogens is 1. The molecule has 7 nitrogen and oxygen atoms in total. The van der Waals surface area contributed by atoms with E-state index in [0.29, 0.717) is 11.6 Å². The lowest BCUT2D eigenvalue weighted by atomic mass is 10.1. The standard InChI is InChI=1S/C12H8FN5O2/c1-6-16-5-17-18(6)12-11-10(8(13)3-15-12)7(2-14-11)9(20)4-19/h2-5,14H,1H3. The van der Waals surface area contributed by atoms with E-state index in [9.17, 15) is 14.0 Å². The van der Waals surface area contributed by atoms with Crippen molar-refractivity contribution in [2.24, 2.45) is 0 Å². The van der Waals surface area contributed by atoms with Crippen molar-refractivity contribution in [3.8, 4) is 5.82 Å². The average Bonchev–Trinajstić information content (AvgIpc) is 3.06. The summed E-state index contributed by atoms with van der Waals surface area (Å²) in [6, 6.07) is 0. The summed E-state index contributed by atoms with van der Waals surface area (Å²) in [5.74, 6) is -0.625. The summed E-state index contributed by atoms with van der Waals surface area (Å²) < 4.78 is 15.3. The Kier molecular flexibility index (Phi) is 2.63. The van der Waals surface area contributed by atoms with Gasteiger partial charge in [-0.25, -0.2) is 14.4 Å². The molecule has 3 rings (SSSR count). The molecule has 3 aromatic heterocycles. The first-order chi connectivity index (χ1) is 9.63. The third kappa shape index (κ3) is 1.62. The van der Waals surface area contributed by atoms with Crippen LogP contribution in [0.3, 0.4) is 0 Å². The van der Waals surface area contributed by atoms with Crippen LogP contribution in [0.4, 0.5) is 4.39 Å². The van der Waals surface area contributed by atoms with Gasteiger partial charge < -0.3 is 4.98 Å². The van der Waals surface area contributed by atoms with Gasteiger partial charge in [-0.05, 0) is 6.92 Å². The lowest BCUT2D eigenvalue weighted by Crippen LogP contribution is -2.05. The highest BCUT2D eigenvalue weighted by atomic mass is 19.1. The van der Waals surface area contributed by atoms with Crippen LogP contribution in [0.5, 0.6) is 0 Å². The Balaban J connectivity index is 2.35. The minimum absolute atomic E-state index is 0.0157. The van der Waals surface area contributed by atoms with Crippen LogP contribution in [0.2, 0.25) is 0 Å². The molecule has 20 heavy (non-hydrogen) atoms. The molecule has 100 valence electrons. The van der Waals surface area contributed by atoms with E-state index in [1.807, 2.05) is 0 Å². The maximum atomic E-state index is 13.9. The number of rotatable bonds is 3. The van der Waals surface area contributed by atoms with Crippen molar-refractivity contribution >= 4 is 23.0 Å². The monoisotopic (exact) mass is 273 g/mol. The van der Waals surface area contributed by atoms with E-state index >= 15 is 0 Å². The zero-order valence-corrected chi connectivity index (χ0v) is 10.3. The number of hydrogen-bond acceptors (Lipinski definition) is 5. The number of aromatic nitrogens is 5. The van der Waals surface area contributed by atoms with Gasteiger partial charge in [0.25, 0.3) is 0 Å². The number of carbonyl (C=O) groups excluding carboxylic acids is 2. The molecule has 0 saturated carbocycles.